The normalized spacial score (nSPS) is 25.7. The molecule has 2 nitrogen and oxygen atoms in total. The largest absolute Gasteiger partial charge is 0.496 e. The minimum absolute atomic E-state index is 0.127. The summed E-state index contributed by atoms with van der Waals surface area (Å²) in [5.41, 5.74) is 5.98. The smallest absolute Gasteiger partial charge is 0.123 e. The molecule has 240 valence electrons. The summed E-state index contributed by atoms with van der Waals surface area (Å²) >= 11 is 0. The molecule has 4 aliphatic carbocycles. The van der Waals surface area contributed by atoms with Crippen LogP contribution in [0.3, 0.4) is 0 Å². The number of ether oxygens (including phenoxy) is 2. The molecule has 0 bridgehead atoms. The molecule has 0 aliphatic heterocycles. The molecular formula is C40H63O2P. The molecule has 0 spiro atoms. The maximum Gasteiger partial charge on any atom is 0.123 e. The fraction of sp³-hybridized carbons (Fsp3) is 0.750. The van der Waals surface area contributed by atoms with E-state index in [1.54, 1.807) is 11.1 Å². The van der Waals surface area contributed by atoms with Gasteiger partial charge in [0.1, 0.15) is 11.4 Å². The van der Waals surface area contributed by atoms with Crippen molar-refractivity contribution >= 4 is 13.5 Å². The first-order valence-electron chi connectivity index (χ1n) is 18.0. The van der Waals surface area contributed by atoms with E-state index in [9.17, 15) is 0 Å². The van der Waals surface area contributed by atoms with Crippen LogP contribution in [0.4, 0.5) is 0 Å². The second-order valence-electron chi connectivity index (χ2n) is 16.3. The molecule has 1 atom stereocenters. The predicted molar refractivity (Wildman–Crippen MR) is 187 cm³/mol. The fourth-order valence-corrected chi connectivity index (χ4v) is 14.0. The zero-order valence-corrected chi connectivity index (χ0v) is 30.0. The Balaban J connectivity index is 1.83. The molecule has 0 N–H and O–H groups in total. The third-order valence-electron chi connectivity index (χ3n) is 11.4. The fourth-order valence-electron chi connectivity index (χ4n) is 9.74. The first kappa shape index (κ1) is 33.3. The molecular weight excluding hydrogens is 543 g/mol. The molecule has 3 fully saturated rings. The molecule has 43 heavy (non-hydrogen) atoms. The monoisotopic (exact) mass is 606 g/mol. The van der Waals surface area contributed by atoms with E-state index < -0.39 is 7.92 Å². The van der Waals surface area contributed by atoms with E-state index in [-0.39, 0.29) is 15.9 Å². The second kappa shape index (κ2) is 13.7. The van der Waals surface area contributed by atoms with Crippen molar-refractivity contribution in [1.29, 1.82) is 0 Å². The van der Waals surface area contributed by atoms with E-state index in [4.69, 9.17) is 9.47 Å². The van der Waals surface area contributed by atoms with Crippen LogP contribution in [-0.2, 0) is 9.47 Å². The van der Waals surface area contributed by atoms with Crippen LogP contribution < -0.4 is 0 Å². The van der Waals surface area contributed by atoms with Crippen LogP contribution >= 0.6 is 7.92 Å². The maximum absolute atomic E-state index is 7.03. The maximum atomic E-state index is 7.03. The number of rotatable bonds is 7. The Hall–Kier alpha value is -1.11. The van der Waals surface area contributed by atoms with E-state index in [2.05, 4.69) is 65.8 Å². The summed E-state index contributed by atoms with van der Waals surface area (Å²) in [6.45, 7) is 14.8. The standard InChI is InChI=1S/C40H63O2P/c1-38(2,3)43(39(4,5)6)37-35(41-7)26-27-40(42-8,32-22-16-11-17-23-32)36(37)33-25-24-31(29-18-12-9-13-19-29)28-34(33)30-20-14-10-15-21-30/h24-26,28-30,32H,9-23,27H2,1-8H3. The van der Waals surface area contributed by atoms with Gasteiger partial charge in [-0.3, -0.25) is 0 Å². The minimum atomic E-state index is -0.597. The average molecular weight is 607 g/mol. The van der Waals surface area contributed by atoms with Gasteiger partial charge in [0.05, 0.1) is 7.11 Å². The zero-order valence-electron chi connectivity index (χ0n) is 29.1. The van der Waals surface area contributed by atoms with Gasteiger partial charge in [0.2, 0.25) is 0 Å². The molecule has 0 heterocycles. The number of benzene rings is 1. The van der Waals surface area contributed by atoms with Gasteiger partial charge in [0, 0.05) is 24.4 Å². The SMILES string of the molecule is COC1=CCC(OC)(C2CCCCC2)C(c2ccc(C3CCCCC3)cc2C2CCCCC2)=C1P(C(C)(C)C)C(C)(C)C. The van der Waals surface area contributed by atoms with Crippen molar-refractivity contribution in [2.45, 2.75) is 172 Å². The number of hydrogen-bond donors (Lipinski definition) is 0. The Morgan fingerprint density at radius 1 is 0.698 bits per heavy atom. The molecule has 0 saturated heterocycles. The summed E-state index contributed by atoms with van der Waals surface area (Å²) in [6, 6.07) is 7.86. The van der Waals surface area contributed by atoms with Gasteiger partial charge in [-0.1, -0.05) is 125 Å². The Morgan fingerprint density at radius 3 is 1.74 bits per heavy atom. The van der Waals surface area contributed by atoms with Gasteiger partial charge < -0.3 is 9.47 Å². The summed E-state index contributed by atoms with van der Waals surface area (Å²) in [6.07, 6.45) is 23.6. The van der Waals surface area contributed by atoms with Gasteiger partial charge in [-0.05, 0) is 89.4 Å². The molecule has 1 aromatic carbocycles. The van der Waals surface area contributed by atoms with Crippen LogP contribution in [0.15, 0.2) is 35.3 Å². The van der Waals surface area contributed by atoms with Crippen molar-refractivity contribution in [3.63, 3.8) is 0 Å². The molecule has 3 saturated carbocycles. The van der Waals surface area contributed by atoms with Crippen molar-refractivity contribution in [3.05, 3.63) is 52.0 Å². The predicted octanol–water partition coefficient (Wildman–Crippen LogP) is 12.5. The Morgan fingerprint density at radius 2 is 1.23 bits per heavy atom. The summed E-state index contributed by atoms with van der Waals surface area (Å²) in [5, 5.41) is 1.75. The number of methoxy groups -OCH3 is 2. The van der Waals surface area contributed by atoms with Gasteiger partial charge in [0.25, 0.3) is 0 Å². The lowest BCUT2D eigenvalue weighted by atomic mass is 9.66. The molecule has 1 aromatic rings. The molecule has 5 rings (SSSR count). The highest BCUT2D eigenvalue weighted by atomic mass is 31.1. The highest BCUT2D eigenvalue weighted by Crippen LogP contribution is 2.70. The van der Waals surface area contributed by atoms with E-state index in [1.165, 1.54) is 113 Å². The van der Waals surface area contributed by atoms with E-state index >= 15 is 0 Å². The van der Waals surface area contributed by atoms with Crippen LogP contribution in [0, 0.1) is 5.92 Å². The highest BCUT2D eigenvalue weighted by Gasteiger charge is 2.51. The van der Waals surface area contributed by atoms with Crippen LogP contribution in [0.5, 0.6) is 0 Å². The Kier molecular flexibility index (Phi) is 10.6. The van der Waals surface area contributed by atoms with Crippen molar-refractivity contribution < 1.29 is 9.47 Å². The van der Waals surface area contributed by atoms with Gasteiger partial charge >= 0.3 is 0 Å². The Bertz CT molecular complexity index is 1130. The molecule has 0 amide bonds. The van der Waals surface area contributed by atoms with Gasteiger partial charge in [-0.25, -0.2) is 0 Å². The van der Waals surface area contributed by atoms with E-state index in [0.29, 0.717) is 11.8 Å². The van der Waals surface area contributed by atoms with Crippen LogP contribution in [0.1, 0.15) is 173 Å². The number of allylic oxidation sites excluding steroid dienone is 1. The molecule has 4 aliphatic rings. The van der Waals surface area contributed by atoms with Crippen molar-refractivity contribution in [2.24, 2.45) is 5.92 Å². The third-order valence-corrected chi connectivity index (χ3v) is 14.9. The summed E-state index contributed by atoms with van der Waals surface area (Å²) < 4.78 is 13.4. The zero-order chi connectivity index (χ0) is 30.8. The highest BCUT2D eigenvalue weighted by molar-refractivity contribution is 7.65. The molecule has 3 heteroatoms. The van der Waals surface area contributed by atoms with Crippen LogP contribution in [0.2, 0.25) is 0 Å². The van der Waals surface area contributed by atoms with Gasteiger partial charge in [0.15, 0.2) is 0 Å². The summed E-state index contributed by atoms with van der Waals surface area (Å²) in [7, 11) is 3.35. The second-order valence-corrected chi connectivity index (χ2v) is 20.1. The van der Waals surface area contributed by atoms with Crippen molar-refractivity contribution in [2.75, 3.05) is 14.2 Å². The van der Waals surface area contributed by atoms with Crippen molar-refractivity contribution in [3.8, 4) is 0 Å². The topological polar surface area (TPSA) is 18.5 Å². The average Bonchev–Trinajstić information content (AvgIpc) is 3.00. The lowest BCUT2D eigenvalue weighted by Gasteiger charge is -2.51. The minimum Gasteiger partial charge on any atom is -0.496 e. The van der Waals surface area contributed by atoms with Crippen molar-refractivity contribution in [1.82, 2.24) is 0 Å². The first-order valence-corrected chi connectivity index (χ1v) is 19.3. The van der Waals surface area contributed by atoms with Crippen LogP contribution in [-0.4, -0.2) is 30.1 Å². The van der Waals surface area contributed by atoms with E-state index in [0.717, 1.165) is 18.1 Å². The lowest BCUT2D eigenvalue weighted by Crippen LogP contribution is -2.45. The summed E-state index contributed by atoms with van der Waals surface area (Å²) in [4.78, 5) is 0. The van der Waals surface area contributed by atoms with Gasteiger partial charge in [-0.15, -0.1) is 0 Å². The van der Waals surface area contributed by atoms with Crippen LogP contribution in [0.25, 0.3) is 5.57 Å². The quantitative estimate of drug-likeness (QED) is 0.287. The Labute approximate surface area is 266 Å². The molecule has 0 radical (unpaired) electrons. The third kappa shape index (κ3) is 6.87. The van der Waals surface area contributed by atoms with E-state index in [1.807, 2.05) is 14.2 Å². The molecule has 0 aromatic heterocycles. The molecule has 1 unspecified atom stereocenters. The van der Waals surface area contributed by atoms with Gasteiger partial charge in [-0.2, -0.15) is 0 Å². The summed E-state index contributed by atoms with van der Waals surface area (Å²) in [5.74, 6) is 3.04. The lowest BCUT2D eigenvalue weighted by molar-refractivity contribution is -0.0219. The number of hydrogen-bond acceptors (Lipinski definition) is 2. The first-order chi connectivity index (χ1) is 20.5.